The number of aliphatic hydroxyl groups is 1. The van der Waals surface area contributed by atoms with Crippen molar-refractivity contribution < 1.29 is 27.8 Å². The number of amides is 2. The summed E-state index contributed by atoms with van der Waals surface area (Å²) in [6.45, 7) is 0.237. The highest BCUT2D eigenvalue weighted by molar-refractivity contribution is 5.79. The number of ether oxygens (including phenoxy) is 1. The second-order valence-electron chi connectivity index (χ2n) is 7.41. The van der Waals surface area contributed by atoms with Crippen molar-refractivity contribution in [3.8, 4) is 5.88 Å². The molecule has 4 rings (SSSR count). The van der Waals surface area contributed by atoms with E-state index in [1.165, 1.54) is 6.33 Å². The van der Waals surface area contributed by atoms with Crippen molar-refractivity contribution in [3.05, 3.63) is 64.9 Å². The molecule has 2 N–H and O–H groups in total. The minimum Gasteiger partial charge on any atom is -0.470 e. The van der Waals surface area contributed by atoms with Crippen LogP contribution in [0.25, 0.3) is 0 Å². The van der Waals surface area contributed by atoms with Crippen molar-refractivity contribution in [3.63, 3.8) is 0 Å². The SMILES string of the molecule is O=C(NC1=CC(C(F)(F)F)=CCC1)N1CCC2=C1C=CC(Oc1cc(CO)ncn1)C2. The fraction of sp³-hybridized carbons (Fsp3) is 0.381. The molecule has 3 aliphatic rings. The van der Waals surface area contributed by atoms with Crippen molar-refractivity contribution in [1.29, 1.82) is 0 Å². The third kappa shape index (κ3) is 4.79. The lowest BCUT2D eigenvalue weighted by molar-refractivity contribution is -0.0887. The predicted molar refractivity (Wildman–Crippen MR) is 104 cm³/mol. The summed E-state index contributed by atoms with van der Waals surface area (Å²) in [6, 6.07) is 1.13. The Morgan fingerprint density at radius 1 is 1.32 bits per heavy atom. The normalized spacial score (nSPS) is 20.9. The summed E-state index contributed by atoms with van der Waals surface area (Å²) in [5, 5.41) is 11.8. The molecule has 1 aromatic rings. The number of aliphatic hydroxyl groups excluding tert-OH is 1. The van der Waals surface area contributed by atoms with Gasteiger partial charge in [-0.3, -0.25) is 4.90 Å². The fourth-order valence-electron chi connectivity index (χ4n) is 3.79. The third-order valence-electron chi connectivity index (χ3n) is 5.29. The lowest BCUT2D eigenvalue weighted by Crippen LogP contribution is -2.38. The molecule has 1 atom stereocenters. The number of halogens is 3. The minimum absolute atomic E-state index is 0.213. The van der Waals surface area contributed by atoms with Gasteiger partial charge in [-0.15, -0.1) is 0 Å². The molecule has 0 saturated carbocycles. The highest BCUT2D eigenvalue weighted by Crippen LogP contribution is 2.34. The Kier molecular flexibility index (Phi) is 5.81. The Morgan fingerprint density at radius 3 is 2.94 bits per heavy atom. The Hall–Kier alpha value is -3.14. The van der Waals surface area contributed by atoms with Crippen LogP contribution in [0, 0.1) is 0 Å². The van der Waals surface area contributed by atoms with Crippen molar-refractivity contribution in [2.45, 2.75) is 44.6 Å². The Bertz CT molecular complexity index is 998. The number of rotatable bonds is 4. The Balaban J connectivity index is 1.39. The largest absolute Gasteiger partial charge is 0.470 e. The van der Waals surface area contributed by atoms with E-state index in [2.05, 4.69) is 15.3 Å². The molecular formula is C21H21F3N4O3. The van der Waals surface area contributed by atoms with E-state index in [0.717, 1.165) is 23.4 Å². The molecule has 164 valence electrons. The van der Waals surface area contributed by atoms with E-state index >= 15 is 0 Å². The van der Waals surface area contributed by atoms with Crippen LogP contribution in [0.5, 0.6) is 5.88 Å². The number of aromatic nitrogens is 2. The summed E-state index contributed by atoms with van der Waals surface area (Å²) >= 11 is 0. The molecule has 1 aromatic heterocycles. The molecule has 1 unspecified atom stereocenters. The number of hydrogen-bond donors (Lipinski definition) is 2. The third-order valence-corrected chi connectivity index (χ3v) is 5.29. The number of nitrogens with zero attached hydrogens (tertiary/aromatic N) is 3. The molecule has 10 heteroatoms. The summed E-state index contributed by atoms with van der Waals surface area (Å²) in [5.41, 5.74) is 1.76. The molecule has 0 saturated heterocycles. The van der Waals surface area contributed by atoms with Gasteiger partial charge in [-0.1, -0.05) is 6.08 Å². The highest BCUT2D eigenvalue weighted by atomic mass is 19.4. The molecule has 2 aliphatic carbocycles. The van der Waals surface area contributed by atoms with Gasteiger partial charge >= 0.3 is 12.2 Å². The van der Waals surface area contributed by atoms with Crippen LogP contribution in [-0.4, -0.2) is 44.8 Å². The van der Waals surface area contributed by atoms with E-state index < -0.39 is 17.8 Å². The summed E-state index contributed by atoms with van der Waals surface area (Å²) in [5.74, 6) is 0.350. The van der Waals surface area contributed by atoms with Crippen LogP contribution in [0.1, 0.15) is 31.4 Å². The lowest BCUT2D eigenvalue weighted by atomic mass is 10.00. The standard InChI is InChI=1S/C21H21F3N4O3/c22-21(23,24)14-2-1-3-15(9-14)27-20(30)28-7-6-13-8-17(4-5-18(13)28)31-19-10-16(11-29)25-12-26-19/h2,4-5,9-10,12,17,29H,1,3,6-8,11H2,(H,27,30). The minimum atomic E-state index is -4.43. The van der Waals surface area contributed by atoms with Crippen molar-refractivity contribution >= 4 is 6.03 Å². The van der Waals surface area contributed by atoms with Crippen molar-refractivity contribution in [1.82, 2.24) is 20.2 Å². The average molecular weight is 434 g/mol. The first-order valence-electron chi connectivity index (χ1n) is 9.88. The number of nitrogens with one attached hydrogen (secondary N) is 1. The van der Waals surface area contributed by atoms with Crippen LogP contribution in [0.2, 0.25) is 0 Å². The van der Waals surface area contributed by atoms with Crippen LogP contribution >= 0.6 is 0 Å². The van der Waals surface area contributed by atoms with E-state index in [9.17, 15) is 23.1 Å². The number of urea groups is 1. The molecule has 31 heavy (non-hydrogen) atoms. The van der Waals surface area contributed by atoms with Crippen LogP contribution in [-0.2, 0) is 6.61 Å². The van der Waals surface area contributed by atoms with Crippen LogP contribution in [0.4, 0.5) is 18.0 Å². The van der Waals surface area contributed by atoms with Crippen LogP contribution < -0.4 is 10.1 Å². The molecule has 0 radical (unpaired) electrons. The quantitative estimate of drug-likeness (QED) is 0.757. The highest BCUT2D eigenvalue weighted by Gasteiger charge is 2.34. The van der Waals surface area contributed by atoms with E-state index in [1.807, 2.05) is 6.08 Å². The molecule has 1 aliphatic heterocycles. The van der Waals surface area contributed by atoms with Gasteiger partial charge in [-0.25, -0.2) is 14.8 Å². The van der Waals surface area contributed by atoms with Gasteiger partial charge in [-0.05, 0) is 43.1 Å². The molecule has 0 fully saturated rings. The van der Waals surface area contributed by atoms with Crippen molar-refractivity contribution in [2.75, 3.05) is 6.54 Å². The van der Waals surface area contributed by atoms with E-state index in [-0.39, 0.29) is 24.8 Å². The van der Waals surface area contributed by atoms with Gasteiger partial charge < -0.3 is 15.2 Å². The molecule has 7 nitrogen and oxygen atoms in total. The number of carbonyl (C=O) groups excluding carboxylic acids is 1. The molecule has 2 amide bonds. The zero-order valence-corrected chi connectivity index (χ0v) is 16.5. The van der Waals surface area contributed by atoms with Gasteiger partial charge in [0, 0.05) is 30.4 Å². The number of alkyl halides is 3. The van der Waals surface area contributed by atoms with Gasteiger partial charge in [0.05, 0.1) is 17.9 Å². The topological polar surface area (TPSA) is 87.6 Å². The maximum atomic E-state index is 12.9. The first-order chi connectivity index (χ1) is 14.8. The maximum Gasteiger partial charge on any atom is 0.416 e. The van der Waals surface area contributed by atoms with Gasteiger partial charge in [0.1, 0.15) is 12.4 Å². The Morgan fingerprint density at radius 2 is 2.16 bits per heavy atom. The summed E-state index contributed by atoms with van der Waals surface area (Å²) in [6.07, 6.45) is 4.16. The first kappa shape index (κ1) is 21.1. The van der Waals surface area contributed by atoms with Crippen LogP contribution in [0.3, 0.4) is 0 Å². The van der Waals surface area contributed by atoms with E-state index in [0.29, 0.717) is 37.4 Å². The van der Waals surface area contributed by atoms with Crippen molar-refractivity contribution in [2.24, 2.45) is 0 Å². The molecule has 0 spiro atoms. The molecular weight excluding hydrogens is 413 g/mol. The van der Waals surface area contributed by atoms with Gasteiger partial charge in [-0.2, -0.15) is 13.2 Å². The molecule has 2 heterocycles. The zero-order valence-electron chi connectivity index (χ0n) is 16.5. The zero-order chi connectivity index (χ0) is 22.0. The first-order valence-corrected chi connectivity index (χ1v) is 9.88. The number of hydrogen-bond acceptors (Lipinski definition) is 5. The predicted octanol–water partition coefficient (Wildman–Crippen LogP) is 3.51. The van der Waals surface area contributed by atoms with E-state index in [4.69, 9.17) is 4.74 Å². The molecule has 0 aromatic carbocycles. The van der Waals surface area contributed by atoms with Gasteiger partial charge in [0.15, 0.2) is 0 Å². The fourth-order valence-corrected chi connectivity index (χ4v) is 3.79. The second kappa shape index (κ2) is 8.54. The lowest BCUT2D eigenvalue weighted by Gasteiger charge is -2.24. The summed E-state index contributed by atoms with van der Waals surface area (Å²) in [4.78, 5) is 22.2. The summed E-state index contributed by atoms with van der Waals surface area (Å²) in [7, 11) is 0. The average Bonchev–Trinajstić information content (AvgIpc) is 3.17. The van der Waals surface area contributed by atoms with Crippen LogP contribution in [0.15, 0.2) is 59.2 Å². The number of carbonyl (C=O) groups is 1. The summed E-state index contributed by atoms with van der Waals surface area (Å²) < 4.78 is 44.6. The van der Waals surface area contributed by atoms with Gasteiger partial charge in [0.2, 0.25) is 5.88 Å². The Labute approximate surface area is 176 Å². The monoisotopic (exact) mass is 434 g/mol. The maximum absolute atomic E-state index is 12.9. The second-order valence-corrected chi connectivity index (χ2v) is 7.41. The van der Waals surface area contributed by atoms with E-state index in [1.54, 1.807) is 17.0 Å². The van der Waals surface area contributed by atoms with Gasteiger partial charge in [0.25, 0.3) is 0 Å². The smallest absolute Gasteiger partial charge is 0.416 e. The molecule has 0 bridgehead atoms. The number of allylic oxidation sites excluding steroid dienone is 5.